The molecule has 100 valence electrons. The van der Waals surface area contributed by atoms with Crippen LogP contribution in [0.3, 0.4) is 0 Å². The molecule has 5 heteroatoms. The molecule has 0 spiro atoms. The summed E-state index contributed by atoms with van der Waals surface area (Å²) in [5, 5.41) is 13.8. The van der Waals surface area contributed by atoms with Gasteiger partial charge >= 0.3 is 0 Å². The third kappa shape index (κ3) is 5.03. The van der Waals surface area contributed by atoms with E-state index in [0.717, 1.165) is 17.9 Å². The van der Waals surface area contributed by atoms with Gasteiger partial charge < -0.3 is 10.1 Å². The highest BCUT2D eigenvalue weighted by Gasteiger charge is 2.16. The fraction of sp³-hybridized carbons (Fsp3) is 0.538. The van der Waals surface area contributed by atoms with E-state index in [9.17, 15) is 10.1 Å². The minimum Gasteiger partial charge on any atom is -0.497 e. The van der Waals surface area contributed by atoms with Crippen LogP contribution in [-0.2, 0) is 0 Å². The van der Waals surface area contributed by atoms with E-state index in [2.05, 4.69) is 19.2 Å². The van der Waals surface area contributed by atoms with Gasteiger partial charge in [-0.1, -0.05) is 13.8 Å². The quantitative estimate of drug-likeness (QED) is 0.598. The Morgan fingerprint density at radius 3 is 2.39 bits per heavy atom. The van der Waals surface area contributed by atoms with Crippen LogP contribution in [0.5, 0.6) is 5.75 Å². The molecule has 1 aromatic carbocycles. The molecule has 5 nitrogen and oxygen atoms in total. The Hall–Kier alpha value is -1.78. The summed E-state index contributed by atoms with van der Waals surface area (Å²) in [5.74, 6) is 1.19. The topological polar surface area (TPSA) is 64.4 Å². The molecule has 0 fully saturated rings. The Labute approximate surface area is 107 Å². The van der Waals surface area contributed by atoms with Gasteiger partial charge in [-0.3, -0.25) is 10.1 Å². The molecule has 1 rings (SSSR count). The van der Waals surface area contributed by atoms with E-state index < -0.39 is 0 Å². The van der Waals surface area contributed by atoms with Crippen molar-refractivity contribution in [1.82, 2.24) is 0 Å². The fourth-order valence-corrected chi connectivity index (χ4v) is 1.85. The zero-order chi connectivity index (χ0) is 13.5. The number of methoxy groups -OCH3 is 1. The average Bonchev–Trinajstić information content (AvgIpc) is 2.28. The summed E-state index contributed by atoms with van der Waals surface area (Å²) >= 11 is 0. The molecule has 1 unspecified atom stereocenters. The number of nitro groups is 1. The van der Waals surface area contributed by atoms with Crippen molar-refractivity contribution in [1.29, 1.82) is 0 Å². The van der Waals surface area contributed by atoms with Gasteiger partial charge in [-0.25, -0.2) is 0 Å². The maximum Gasteiger partial charge on any atom is 0.223 e. The van der Waals surface area contributed by atoms with Crippen LogP contribution in [0.4, 0.5) is 5.69 Å². The molecule has 0 radical (unpaired) electrons. The smallest absolute Gasteiger partial charge is 0.223 e. The number of benzene rings is 1. The highest BCUT2D eigenvalue weighted by molar-refractivity contribution is 5.47. The molecule has 0 heterocycles. The number of anilines is 1. The summed E-state index contributed by atoms with van der Waals surface area (Å²) in [5.41, 5.74) is 0.878. The Bertz CT molecular complexity index is 376. The van der Waals surface area contributed by atoms with E-state index in [4.69, 9.17) is 4.74 Å². The second-order valence-corrected chi connectivity index (χ2v) is 4.71. The van der Waals surface area contributed by atoms with Crippen LogP contribution in [0.15, 0.2) is 24.3 Å². The van der Waals surface area contributed by atoms with Crippen LogP contribution in [0.25, 0.3) is 0 Å². The highest BCUT2D eigenvalue weighted by Crippen LogP contribution is 2.17. The molecule has 1 atom stereocenters. The monoisotopic (exact) mass is 252 g/mol. The lowest BCUT2D eigenvalue weighted by Gasteiger charge is -2.18. The summed E-state index contributed by atoms with van der Waals surface area (Å²) < 4.78 is 5.07. The first-order chi connectivity index (χ1) is 8.51. The molecule has 0 aliphatic rings. The summed E-state index contributed by atoms with van der Waals surface area (Å²) in [6, 6.07) is 7.26. The molecule has 0 saturated heterocycles. The zero-order valence-electron chi connectivity index (χ0n) is 11.1. The number of rotatable bonds is 7. The van der Waals surface area contributed by atoms with E-state index in [1.54, 1.807) is 7.11 Å². The van der Waals surface area contributed by atoms with Crippen molar-refractivity contribution in [3.63, 3.8) is 0 Å². The van der Waals surface area contributed by atoms with Gasteiger partial charge in [0.2, 0.25) is 6.54 Å². The van der Waals surface area contributed by atoms with E-state index >= 15 is 0 Å². The normalized spacial score (nSPS) is 12.2. The van der Waals surface area contributed by atoms with Crippen LogP contribution in [0, 0.1) is 16.0 Å². The van der Waals surface area contributed by atoms with Crippen LogP contribution in [0.2, 0.25) is 0 Å². The van der Waals surface area contributed by atoms with Crippen LogP contribution in [0.1, 0.15) is 20.3 Å². The van der Waals surface area contributed by atoms with Gasteiger partial charge in [0.05, 0.1) is 13.2 Å². The van der Waals surface area contributed by atoms with Gasteiger partial charge in [0.25, 0.3) is 0 Å². The van der Waals surface area contributed by atoms with E-state index in [1.807, 2.05) is 24.3 Å². The van der Waals surface area contributed by atoms with Gasteiger partial charge in [-0.2, -0.15) is 0 Å². The lowest BCUT2D eigenvalue weighted by atomic mass is 10.0. The Morgan fingerprint density at radius 1 is 1.33 bits per heavy atom. The Morgan fingerprint density at radius 2 is 1.94 bits per heavy atom. The third-order valence-corrected chi connectivity index (χ3v) is 2.59. The highest BCUT2D eigenvalue weighted by atomic mass is 16.6. The molecule has 0 bridgehead atoms. The van der Waals surface area contributed by atoms with Gasteiger partial charge in [-0.05, 0) is 36.6 Å². The van der Waals surface area contributed by atoms with Gasteiger partial charge in [-0.15, -0.1) is 0 Å². The maximum atomic E-state index is 10.6. The maximum absolute atomic E-state index is 10.6. The van der Waals surface area contributed by atoms with Crippen molar-refractivity contribution >= 4 is 5.69 Å². The van der Waals surface area contributed by atoms with E-state index in [0.29, 0.717) is 5.92 Å². The molecule has 0 aliphatic heterocycles. The van der Waals surface area contributed by atoms with Crippen molar-refractivity contribution in [2.45, 2.75) is 26.3 Å². The SMILES string of the molecule is COc1ccc(NC(CC(C)C)C[N+](=O)[O-])cc1. The number of ether oxygens (including phenoxy) is 1. The molecular weight excluding hydrogens is 232 g/mol. The first-order valence-corrected chi connectivity index (χ1v) is 6.03. The molecular formula is C13H20N2O3. The first-order valence-electron chi connectivity index (χ1n) is 6.03. The molecule has 0 saturated carbocycles. The summed E-state index contributed by atoms with van der Waals surface area (Å²) in [4.78, 5) is 10.4. The minimum atomic E-state index is -0.274. The predicted molar refractivity (Wildman–Crippen MR) is 71.7 cm³/mol. The number of nitrogens with zero attached hydrogens (tertiary/aromatic N) is 1. The third-order valence-electron chi connectivity index (χ3n) is 2.59. The number of nitrogens with one attached hydrogen (secondary N) is 1. The lowest BCUT2D eigenvalue weighted by Crippen LogP contribution is -2.29. The van der Waals surface area contributed by atoms with Crippen LogP contribution >= 0.6 is 0 Å². The van der Waals surface area contributed by atoms with Crippen molar-refractivity contribution in [2.75, 3.05) is 19.0 Å². The Kier molecular flexibility index (Phi) is 5.42. The minimum absolute atomic E-state index is 0.0653. The van der Waals surface area contributed by atoms with Gasteiger partial charge in [0.15, 0.2) is 0 Å². The van der Waals surface area contributed by atoms with Crippen molar-refractivity contribution in [2.24, 2.45) is 5.92 Å². The van der Waals surface area contributed by atoms with E-state index in [-0.39, 0.29) is 17.5 Å². The number of hydrogen-bond donors (Lipinski definition) is 1. The average molecular weight is 252 g/mol. The van der Waals surface area contributed by atoms with Gasteiger partial charge in [0.1, 0.15) is 5.75 Å². The van der Waals surface area contributed by atoms with Crippen molar-refractivity contribution in [3.05, 3.63) is 34.4 Å². The van der Waals surface area contributed by atoms with Crippen LogP contribution < -0.4 is 10.1 Å². The first kappa shape index (κ1) is 14.3. The lowest BCUT2D eigenvalue weighted by molar-refractivity contribution is -0.481. The van der Waals surface area contributed by atoms with Crippen molar-refractivity contribution < 1.29 is 9.66 Å². The van der Waals surface area contributed by atoms with Crippen LogP contribution in [-0.4, -0.2) is 24.6 Å². The second-order valence-electron chi connectivity index (χ2n) is 4.71. The largest absolute Gasteiger partial charge is 0.497 e. The second kappa shape index (κ2) is 6.83. The predicted octanol–water partition coefficient (Wildman–Crippen LogP) is 2.80. The molecule has 1 aromatic rings. The Balaban J connectivity index is 2.65. The fourth-order valence-electron chi connectivity index (χ4n) is 1.85. The van der Waals surface area contributed by atoms with Crippen molar-refractivity contribution in [3.8, 4) is 5.75 Å². The molecule has 18 heavy (non-hydrogen) atoms. The van der Waals surface area contributed by atoms with Gasteiger partial charge in [0, 0.05) is 10.6 Å². The summed E-state index contributed by atoms with van der Waals surface area (Å²) in [6.45, 7) is 4.05. The zero-order valence-corrected chi connectivity index (χ0v) is 11.1. The van der Waals surface area contributed by atoms with E-state index in [1.165, 1.54) is 0 Å². The molecule has 1 N–H and O–H groups in total. The summed E-state index contributed by atoms with van der Waals surface area (Å²) in [7, 11) is 1.61. The molecule has 0 aliphatic carbocycles. The number of hydrogen-bond acceptors (Lipinski definition) is 4. The molecule has 0 aromatic heterocycles. The molecule has 0 amide bonds. The summed E-state index contributed by atoms with van der Waals surface area (Å²) in [6.07, 6.45) is 0.771. The standard InChI is InChI=1S/C13H20N2O3/c1-10(2)8-12(9-15(16)17)14-11-4-6-13(18-3)7-5-11/h4-7,10,12,14H,8-9H2,1-3H3.